The van der Waals surface area contributed by atoms with Gasteiger partial charge >= 0.3 is 0 Å². The molecule has 0 aliphatic carbocycles. The molecule has 0 bridgehead atoms. The normalized spacial score (nSPS) is 11.8. The van der Waals surface area contributed by atoms with Crippen LogP contribution in [0.15, 0.2) is 6.07 Å². The molecule has 0 fully saturated rings. The van der Waals surface area contributed by atoms with E-state index in [1.54, 1.807) is 19.6 Å². The maximum atomic E-state index is 13.1. The number of hydrogen-bond acceptors (Lipinski definition) is 1. The first-order valence-electron chi connectivity index (χ1n) is 3.84. The fourth-order valence-corrected chi connectivity index (χ4v) is 2.59. The Hall–Kier alpha value is -0.843. The first-order valence-corrected chi connectivity index (χ1v) is 7.34. The minimum Gasteiger partial charge on any atom is -0.207 e. The lowest BCUT2D eigenvalue weighted by Gasteiger charge is -2.17. The molecule has 1 rings (SSSR count). The van der Waals surface area contributed by atoms with Crippen LogP contribution in [0.1, 0.15) is 0 Å². The summed E-state index contributed by atoms with van der Waals surface area (Å²) in [5.74, 6) is -2.96. The van der Waals surface area contributed by atoms with Crippen molar-refractivity contribution in [1.82, 2.24) is 4.98 Å². The third-order valence-electron chi connectivity index (χ3n) is 1.65. The Bertz CT molecular complexity index is 310. The van der Waals surface area contributed by atoms with Crippen LogP contribution in [-0.2, 0) is 0 Å². The van der Waals surface area contributed by atoms with E-state index >= 15 is 0 Å². The van der Waals surface area contributed by atoms with Crippen LogP contribution in [0, 0.1) is 17.7 Å². The second-order valence-corrected chi connectivity index (χ2v) is 8.84. The van der Waals surface area contributed by atoms with Crippen LogP contribution in [0.4, 0.5) is 13.2 Å². The van der Waals surface area contributed by atoms with Crippen LogP contribution in [0.2, 0.25) is 19.6 Å². The van der Waals surface area contributed by atoms with Crippen molar-refractivity contribution in [2.24, 2.45) is 0 Å². The van der Waals surface area contributed by atoms with Crippen LogP contribution < -0.4 is 5.19 Å². The van der Waals surface area contributed by atoms with Gasteiger partial charge in [0.05, 0.1) is 8.07 Å². The average molecular weight is 205 g/mol. The third-order valence-corrected chi connectivity index (χ3v) is 3.59. The van der Waals surface area contributed by atoms with Crippen molar-refractivity contribution in [3.8, 4) is 0 Å². The minimum atomic E-state index is -2.12. The Morgan fingerprint density at radius 2 is 1.69 bits per heavy atom. The summed E-state index contributed by atoms with van der Waals surface area (Å²) in [7, 11) is -2.12. The molecule has 0 spiro atoms. The lowest BCUT2D eigenvalue weighted by molar-refractivity contribution is 0.495. The van der Waals surface area contributed by atoms with E-state index in [0.29, 0.717) is 6.07 Å². The summed E-state index contributed by atoms with van der Waals surface area (Å²) in [4.78, 5) is 2.96. The van der Waals surface area contributed by atoms with E-state index < -0.39 is 25.8 Å². The Labute approximate surface area is 75.6 Å². The van der Waals surface area contributed by atoms with Gasteiger partial charge in [0.15, 0.2) is 0 Å². The zero-order valence-corrected chi connectivity index (χ0v) is 8.66. The maximum Gasteiger partial charge on any atom is 0.218 e. The van der Waals surface area contributed by atoms with Crippen molar-refractivity contribution in [1.29, 1.82) is 0 Å². The van der Waals surface area contributed by atoms with Gasteiger partial charge in [-0.15, -0.1) is 0 Å². The van der Waals surface area contributed by atoms with Crippen molar-refractivity contribution in [2.75, 3.05) is 0 Å². The molecule has 13 heavy (non-hydrogen) atoms. The van der Waals surface area contributed by atoms with Crippen molar-refractivity contribution in [3.05, 3.63) is 23.8 Å². The highest BCUT2D eigenvalue weighted by Gasteiger charge is 2.26. The van der Waals surface area contributed by atoms with Crippen LogP contribution in [0.5, 0.6) is 0 Å². The molecule has 0 atom stereocenters. The number of rotatable bonds is 1. The van der Waals surface area contributed by atoms with E-state index in [1.165, 1.54) is 0 Å². The van der Waals surface area contributed by atoms with E-state index in [2.05, 4.69) is 4.98 Å². The van der Waals surface area contributed by atoms with E-state index in [9.17, 15) is 13.2 Å². The molecule has 72 valence electrons. The predicted octanol–water partition coefficient (Wildman–Crippen LogP) is 2.04. The molecule has 1 heterocycles. The predicted molar refractivity (Wildman–Crippen MR) is 47.1 cm³/mol. The molecule has 0 unspecified atom stereocenters. The average Bonchev–Trinajstić information content (AvgIpc) is 1.78. The largest absolute Gasteiger partial charge is 0.218 e. The second kappa shape index (κ2) is 3.14. The molecule has 1 aromatic heterocycles. The Morgan fingerprint density at radius 1 is 1.15 bits per heavy atom. The summed E-state index contributed by atoms with van der Waals surface area (Å²) >= 11 is 0. The number of nitrogens with zero attached hydrogens (tertiary/aromatic N) is 1. The standard InChI is InChI=1S/C8H10F3NSi/c1-13(2,3)7-5(9)4-6(10)12-8(7)11/h4H,1-3H3. The highest BCUT2D eigenvalue weighted by Crippen LogP contribution is 2.09. The van der Waals surface area contributed by atoms with Crippen LogP contribution in [-0.4, -0.2) is 13.1 Å². The lowest BCUT2D eigenvalue weighted by Crippen LogP contribution is -2.43. The first kappa shape index (κ1) is 10.2. The van der Waals surface area contributed by atoms with Gasteiger partial charge in [0.25, 0.3) is 0 Å². The smallest absolute Gasteiger partial charge is 0.207 e. The number of halogens is 3. The number of hydrogen-bond donors (Lipinski definition) is 0. The monoisotopic (exact) mass is 205 g/mol. The molecule has 0 aliphatic heterocycles. The van der Waals surface area contributed by atoms with E-state index in [0.717, 1.165) is 0 Å². The summed E-state index contributed by atoms with van der Waals surface area (Å²) in [6.45, 7) is 5.32. The van der Waals surface area contributed by atoms with Gasteiger partial charge in [0.1, 0.15) is 5.82 Å². The first-order chi connectivity index (χ1) is 5.82. The Morgan fingerprint density at radius 3 is 2.08 bits per heavy atom. The van der Waals surface area contributed by atoms with Gasteiger partial charge in [-0.3, -0.25) is 0 Å². The van der Waals surface area contributed by atoms with Crippen molar-refractivity contribution < 1.29 is 13.2 Å². The van der Waals surface area contributed by atoms with E-state index in [4.69, 9.17) is 0 Å². The van der Waals surface area contributed by atoms with Gasteiger partial charge in [-0.2, -0.15) is 13.8 Å². The summed E-state index contributed by atoms with van der Waals surface area (Å²) in [6.07, 6.45) is 0. The summed E-state index contributed by atoms with van der Waals surface area (Å²) < 4.78 is 38.6. The Balaban J connectivity index is 3.38. The molecule has 0 radical (unpaired) electrons. The molecule has 0 saturated carbocycles. The maximum absolute atomic E-state index is 13.1. The highest BCUT2D eigenvalue weighted by atomic mass is 28.3. The minimum absolute atomic E-state index is 0.0473. The van der Waals surface area contributed by atoms with Gasteiger partial charge in [-0.05, 0) is 0 Å². The zero-order chi connectivity index (χ0) is 10.2. The fourth-order valence-electron chi connectivity index (χ4n) is 1.12. The summed E-state index contributed by atoms with van der Waals surface area (Å²) in [5, 5.41) is -0.0473. The molecule has 1 nitrogen and oxygen atoms in total. The zero-order valence-electron chi connectivity index (χ0n) is 7.66. The third kappa shape index (κ3) is 2.09. The topological polar surface area (TPSA) is 12.9 Å². The highest BCUT2D eigenvalue weighted by molar-refractivity contribution is 6.88. The van der Waals surface area contributed by atoms with Gasteiger partial charge in [-0.1, -0.05) is 19.6 Å². The molecule has 0 amide bonds. The van der Waals surface area contributed by atoms with Crippen LogP contribution in [0.3, 0.4) is 0 Å². The molecule has 0 N–H and O–H groups in total. The van der Waals surface area contributed by atoms with E-state index in [-0.39, 0.29) is 5.19 Å². The molecule has 0 aromatic carbocycles. The van der Waals surface area contributed by atoms with Gasteiger partial charge in [0.2, 0.25) is 11.9 Å². The summed E-state index contributed by atoms with van der Waals surface area (Å²) in [6, 6.07) is 0.622. The van der Waals surface area contributed by atoms with Gasteiger partial charge < -0.3 is 0 Å². The molecule has 1 aromatic rings. The molecular formula is C8H10F3NSi. The SMILES string of the molecule is C[Si](C)(C)c1c(F)cc(F)nc1F. The van der Waals surface area contributed by atoms with E-state index in [1.807, 2.05) is 0 Å². The van der Waals surface area contributed by atoms with Crippen molar-refractivity contribution in [3.63, 3.8) is 0 Å². The fraction of sp³-hybridized carbons (Fsp3) is 0.375. The van der Waals surface area contributed by atoms with Gasteiger partial charge in [0, 0.05) is 11.3 Å². The number of aromatic nitrogens is 1. The molecule has 0 saturated heterocycles. The van der Waals surface area contributed by atoms with Gasteiger partial charge in [-0.25, -0.2) is 4.39 Å². The number of pyridine rings is 1. The molecule has 0 aliphatic rings. The summed E-state index contributed by atoms with van der Waals surface area (Å²) in [5.41, 5.74) is 0. The molecule has 5 heteroatoms. The quantitative estimate of drug-likeness (QED) is 0.505. The molecular weight excluding hydrogens is 195 g/mol. The van der Waals surface area contributed by atoms with Crippen molar-refractivity contribution in [2.45, 2.75) is 19.6 Å². The van der Waals surface area contributed by atoms with Crippen LogP contribution in [0.25, 0.3) is 0 Å². The van der Waals surface area contributed by atoms with Crippen molar-refractivity contribution >= 4 is 13.3 Å². The van der Waals surface area contributed by atoms with Crippen LogP contribution >= 0.6 is 0 Å². The Kier molecular flexibility index (Phi) is 2.47. The second-order valence-electron chi connectivity index (χ2n) is 3.84. The lowest BCUT2D eigenvalue weighted by atomic mass is 10.4.